The molecule has 6 rings (SSSR count). The average molecular weight is 654 g/mol. The molecule has 3 aromatic rings. The van der Waals surface area contributed by atoms with Gasteiger partial charge in [-0.05, 0) is 88.2 Å². The van der Waals surface area contributed by atoms with Gasteiger partial charge in [0.1, 0.15) is 17.3 Å². The van der Waals surface area contributed by atoms with E-state index in [-0.39, 0.29) is 30.0 Å². The molecule has 0 saturated carbocycles. The van der Waals surface area contributed by atoms with Gasteiger partial charge in [0, 0.05) is 16.7 Å². The molecule has 12 nitrogen and oxygen atoms in total. The van der Waals surface area contributed by atoms with Crippen LogP contribution in [0.4, 0.5) is 5.69 Å². The molecule has 1 fully saturated rings. The SMILES string of the molecule is CCOc1cc2c(cc1OCC)C1=C(C(N)=O)C3(C(=O)N1C(C)(C)C2)/C(=C(\O)c1ccc(OC)cc1)C(=O)C(=O)N3c1ccccc1O. The third-order valence-electron chi connectivity index (χ3n) is 8.88. The van der Waals surface area contributed by atoms with Crippen molar-refractivity contribution in [3.05, 3.63) is 88.5 Å². The number of ether oxygens (including phenoxy) is 3. The number of anilines is 1. The number of amides is 3. The molecule has 1 saturated heterocycles. The van der Waals surface area contributed by atoms with Crippen molar-refractivity contribution < 1.29 is 43.6 Å². The molecule has 4 N–H and O–H groups in total. The Balaban J connectivity index is 1.79. The molecular weight excluding hydrogens is 618 g/mol. The van der Waals surface area contributed by atoms with E-state index < -0.39 is 57.2 Å². The summed E-state index contributed by atoms with van der Waals surface area (Å²) in [5, 5.41) is 23.0. The number of rotatable bonds is 8. The van der Waals surface area contributed by atoms with Crippen LogP contribution in [0.25, 0.3) is 11.5 Å². The van der Waals surface area contributed by atoms with Crippen molar-refractivity contribution in [2.45, 2.75) is 45.2 Å². The maximum absolute atomic E-state index is 15.3. The number of phenols is 1. The predicted molar refractivity (Wildman–Crippen MR) is 175 cm³/mol. The number of carbonyl (C=O) groups is 4. The van der Waals surface area contributed by atoms with Gasteiger partial charge in [-0.25, -0.2) is 0 Å². The zero-order valence-corrected chi connectivity index (χ0v) is 27.1. The van der Waals surface area contributed by atoms with Crippen molar-refractivity contribution in [2.75, 3.05) is 25.2 Å². The molecule has 0 aliphatic carbocycles. The van der Waals surface area contributed by atoms with Crippen molar-refractivity contribution >= 4 is 40.6 Å². The van der Waals surface area contributed by atoms with Crippen molar-refractivity contribution in [3.63, 3.8) is 0 Å². The highest BCUT2D eigenvalue weighted by molar-refractivity contribution is 6.56. The van der Waals surface area contributed by atoms with Gasteiger partial charge in [-0.15, -0.1) is 0 Å². The van der Waals surface area contributed by atoms with Crippen molar-refractivity contribution in [1.82, 2.24) is 4.90 Å². The molecule has 3 aromatic carbocycles. The van der Waals surface area contributed by atoms with E-state index in [0.29, 0.717) is 35.0 Å². The number of hydrogen-bond donors (Lipinski definition) is 3. The van der Waals surface area contributed by atoms with Gasteiger partial charge in [0.25, 0.3) is 11.7 Å². The summed E-state index contributed by atoms with van der Waals surface area (Å²) in [7, 11) is 1.46. The van der Waals surface area contributed by atoms with Crippen molar-refractivity contribution in [1.29, 1.82) is 0 Å². The number of nitrogens with two attached hydrogens (primary N) is 1. The van der Waals surface area contributed by atoms with Crippen LogP contribution in [0, 0.1) is 0 Å². The number of benzene rings is 3. The van der Waals surface area contributed by atoms with Crippen LogP contribution >= 0.6 is 0 Å². The Bertz CT molecular complexity index is 1960. The van der Waals surface area contributed by atoms with E-state index in [0.717, 1.165) is 4.90 Å². The molecule has 3 heterocycles. The Kier molecular flexibility index (Phi) is 7.69. The molecule has 3 aliphatic rings. The fourth-order valence-corrected chi connectivity index (χ4v) is 7.02. The van der Waals surface area contributed by atoms with Gasteiger partial charge in [0.05, 0.1) is 42.9 Å². The van der Waals surface area contributed by atoms with Gasteiger partial charge in [0.2, 0.25) is 5.91 Å². The van der Waals surface area contributed by atoms with E-state index in [4.69, 9.17) is 19.9 Å². The first kappa shape index (κ1) is 32.2. The van der Waals surface area contributed by atoms with Crippen LogP contribution in [0.1, 0.15) is 44.4 Å². The normalized spacial score (nSPS) is 20.6. The second-order valence-corrected chi connectivity index (χ2v) is 12.2. The third-order valence-corrected chi connectivity index (χ3v) is 8.88. The van der Waals surface area contributed by atoms with Crippen LogP contribution < -0.4 is 24.8 Å². The zero-order valence-electron chi connectivity index (χ0n) is 27.1. The molecule has 248 valence electrons. The second-order valence-electron chi connectivity index (χ2n) is 12.2. The van der Waals surface area contributed by atoms with Crippen molar-refractivity contribution in [3.8, 4) is 23.0 Å². The first-order chi connectivity index (χ1) is 22.8. The molecular formula is C36H35N3O9. The highest BCUT2D eigenvalue weighted by Crippen LogP contribution is 2.58. The number of Topliss-reactive ketones (excluding diaryl/α,β-unsaturated/α-hetero) is 1. The molecule has 48 heavy (non-hydrogen) atoms. The topological polar surface area (TPSA) is 169 Å². The first-order valence-electron chi connectivity index (χ1n) is 15.4. The summed E-state index contributed by atoms with van der Waals surface area (Å²) in [6.45, 7) is 7.82. The molecule has 0 bridgehead atoms. The summed E-state index contributed by atoms with van der Waals surface area (Å²) in [6, 6.07) is 15.0. The Labute approximate surface area is 276 Å². The lowest BCUT2D eigenvalue weighted by Crippen LogP contribution is -2.60. The predicted octanol–water partition coefficient (Wildman–Crippen LogP) is 3.90. The number of fused-ring (bicyclic) bond motifs is 3. The second kappa shape index (κ2) is 11.5. The third kappa shape index (κ3) is 4.43. The van der Waals surface area contributed by atoms with E-state index in [2.05, 4.69) is 0 Å². The lowest BCUT2D eigenvalue weighted by Gasteiger charge is -2.44. The number of methoxy groups -OCH3 is 1. The fourth-order valence-electron chi connectivity index (χ4n) is 7.02. The largest absolute Gasteiger partial charge is 0.507 e. The Hall–Kier alpha value is -5.78. The van der Waals surface area contributed by atoms with Crippen LogP contribution in [-0.2, 0) is 25.6 Å². The zero-order chi connectivity index (χ0) is 34.7. The minimum absolute atomic E-state index is 0.0469. The quantitative estimate of drug-likeness (QED) is 0.186. The molecule has 0 radical (unpaired) electrons. The fraction of sp³-hybridized carbons (Fsp3) is 0.278. The van der Waals surface area contributed by atoms with Crippen molar-refractivity contribution in [2.24, 2.45) is 5.73 Å². The summed E-state index contributed by atoms with van der Waals surface area (Å²) in [5.74, 6) is -4.43. The number of aliphatic hydroxyl groups is 1. The number of aliphatic hydroxyl groups excluding tert-OH is 1. The lowest BCUT2D eigenvalue weighted by molar-refractivity contribution is -0.135. The number of primary amides is 1. The van der Waals surface area contributed by atoms with Gasteiger partial charge < -0.3 is 35.1 Å². The summed E-state index contributed by atoms with van der Waals surface area (Å²) in [5.41, 5.74) is 2.39. The molecule has 3 aliphatic heterocycles. The molecule has 0 aromatic heterocycles. The van der Waals surface area contributed by atoms with Gasteiger partial charge in [-0.3, -0.25) is 24.1 Å². The molecule has 1 atom stereocenters. The minimum Gasteiger partial charge on any atom is -0.507 e. The standard InChI is InChI=1S/C36H35N3O9/c1-6-47-25-16-20-18-35(3,4)39-29(22(20)17-26(25)48-7-2)27(32(37)43)36(34(39)45)28(30(41)19-12-14-21(46-5)15-13-19)31(42)33(44)38(36)23-10-8-9-11-24(23)40/h8-17,40-41H,6-7,18H2,1-5H3,(H2,37,43)/b30-28-. The average Bonchev–Trinajstić information content (AvgIpc) is 3.45. The summed E-state index contributed by atoms with van der Waals surface area (Å²) < 4.78 is 17.0. The Morgan fingerprint density at radius 2 is 1.56 bits per heavy atom. The number of ketones is 1. The highest BCUT2D eigenvalue weighted by Gasteiger charge is 2.72. The molecule has 12 heteroatoms. The Morgan fingerprint density at radius 1 is 0.938 bits per heavy atom. The van der Waals surface area contributed by atoms with E-state index >= 15 is 4.79 Å². The summed E-state index contributed by atoms with van der Waals surface area (Å²) in [6.07, 6.45) is 0.272. The van der Waals surface area contributed by atoms with Crippen LogP contribution in [-0.4, -0.2) is 70.0 Å². The van der Waals surface area contributed by atoms with E-state index in [9.17, 15) is 24.6 Å². The lowest BCUT2D eigenvalue weighted by atomic mass is 9.79. The Morgan fingerprint density at radius 3 is 2.15 bits per heavy atom. The smallest absolute Gasteiger partial charge is 0.300 e. The first-order valence-corrected chi connectivity index (χ1v) is 15.4. The summed E-state index contributed by atoms with van der Waals surface area (Å²) in [4.78, 5) is 59.8. The maximum Gasteiger partial charge on any atom is 0.300 e. The minimum atomic E-state index is -2.61. The number of para-hydroxylation sites is 2. The molecule has 1 unspecified atom stereocenters. The van der Waals surface area contributed by atoms with Gasteiger partial charge in [-0.1, -0.05) is 12.1 Å². The monoisotopic (exact) mass is 653 g/mol. The van der Waals surface area contributed by atoms with E-state index in [1.54, 1.807) is 32.9 Å². The van der Waals surface area contributed by atoms with Gasteiger partial charge >= 0.3 is 5.91 Å². The maximum atomic E-state index is 15.3. The number of nitrogens with zero attached hydrogens (tertiary/aromatic N) is 2. The van der Waals surface area contributed by atoms with Crippen LogP contribution in [0.3, 0.4) is 0 Å². The van der Waals surface area contributed by atoms with Crippen LogP contribution in [0.2, 0.25) is 0 Å². The summed E-state index contributed by atoms with van der Waals surface area (Å²) >= 11 is 0. The van der Waals surface area contributed by atoms with Gasteiger partial charge in [-0.2, -0.15) is 0 Å². The number of phenolic OH excluding ortho intramolecular Hbond substituents is 1. The number of hydrogen-bond acceptors (Lipinski definition) is 9. The van der Waals surface area contributed by atoms with Crippen LogP contribution in [0.5, 0.6) is 23.0 Å². The number of carbonyl (C=O) groups excluding carboxylic acids is 4. The number of aromatic hydroxyl groups is 1. The highest BCUT2D eigenvalue weighted by atomic mass is 16.5. The molecule has 3 amide bonds. The van der Waals surface area contributed by atoms with Gasteiger partial charge in [0.15, 0.2) is 17.0 Å². The molecule has 1 spiro atoms. The van der Waals surface area contributed by atoms with E-state index in [1.807, 2.05) is 6.92 Å². The van der Waals surface area contributed by atoms with Crippen LogP contribution in [0.15, 0.2) is 71.8 Å². The van der Waals surface area contributed by atoms with E-state index in [1.165, 1.54) is 60.5 Å².